The predicted molar refractivity (Wildman–Crippen MR) is 87.9 cm³/mol. The van der Waals surface area contributed by atoms with Crippen LogP contribution in [0.4, 0.5) is 0 Å². The highest BCUT2D eigenvalue weighted by Gasteiger charge is 2.16. The Morgan fingerprint density at radius 1 is 1.43 bits per heavy atom. The number of hydrogen-bond donors (Lipinski definition) is 0. The molecule has 0 radical (unpaired) electrons. The SMILES string of the molecule is C=CCOC(Cn1ccnc1)c1ccc(Cl)cc1Cl.O=[N+]([O-])[O-]. The minimum absolute atomic E-state index is 0.169. The second-order valence-electron chi connectivity index (χ2n) is 4.26. The van der Waals surface area contributed by atoms with Gasteiger partial charge in [0.2, 0.25) is 0 Å². The normalized spacial score (nSPS) is 11.2. The van der Waals surface area contributed by atoms with Crippen LogP contribution in [-0.4, -0.2) is 21.2 Å². The van der Waals surface area contributed by atoms with Gasteiger partial charge < -0.3 is 24.6 Å². The Morgan fingerprint density at radius 2 is 2.13 bits per heavy atom. The highest BCUT2D eigenvalue weighted by atomic mass is 35.5. The number of nitrogens with zero attached hydrogens (tertiary/aromatic N) is 3. The lowest BCUT2D eigenvalue weighted by molar-refractivity contribution is -0.402. The van der Waals surface area contributed by atoms with E-state index >= 15 is 0 Å². The van der Waals surface area contributed by atoms with Crippen molar-refractivity contribution in [3.8, 4) is 0 Å². The first kappa shape index (κ1) is 19.0. The summed E-state index contributed by atoms with van der Waals surface area (Å²) >= 11 is 12.1. The summed E-state index contributed by atoms with van der Waals surface area (Å²) in [5.41, 5.74) is 0.904. The van der Waals surface area contributed by atoms with Gasteiger partial charge in [0.15, 0.2) is 0 Å². The Morgan fingerprint density at radius 3 is 2.65 bits per heavy atom. The molecule has 0 amide bonds. The molecular formula is C14H14Cl2N3O4-. The van der Waals surface area contributed by atoms with Crippen molar-refractivity contribution in [2.24, 2.45) is 0 Å². The Hall–Kier alpha value is -2.09. The number of rotatable bonds is 6. The Kier molecular flexibility index (Phi) is 8.10. The zero-order valence-electron chi connectivity index (χ0n) is 12.0. The fraction of sp³-hybridized carbons (Fsp3) is 0.214. The first-order valence-corrected chi connectivity index (χ1v) is 7.14. The highest BCUT2D eigenvalue weighted by Crippen LogP contribution is 2.29. The molecule has 23 heavy (non-hydrogen) atoms. The van der Waals surface area contributed by atoms with Crippen molar-refractivity contribution in [1.29, 1.82) is 0 Å². The predicted octanol–water partition coefficient (Wildman–Crippen LogP) is 3.89. The van der Waals surface area contributed by atoms with Crippen molar-refractivity contribution in [1.82, 2.24) is 9.55 Å². The zero-order chi connectivity index (χ0) is 17.2. The summed E-state index contributed by atoms with van der Waals surface area (Å²) in [4.78, 5) is 12.3. The van der Waals surface area contributed by atoms with Gasteiger partial charge in [-0.2, -0.15) is 0 Å². The van der Waals surface area contributed by atoms with Crippen LogP contribution in [0.15, 0.2) is 49.6 Å². The van der Waals surface area contributed by atoms with E-state index < -0.39 is 5.09 Å². The van der Waals surface area contributed by atoms with E-state index in [-0.39, 0.29) is 6.10 Å². The summed E-state index contributed by atoms with van der Waals surface area (Å²) in [6.45, 7) is 4.75. The summed E-state index contributed by atoms with van der Waals surface area (Å²) < 4.78 is 7.72. The molecule has 2 rings (SSSR count). The molecule has 0 bridgehead atoms. The maximum atomic E-state index is 8.25. The van der Waals surface area contributed by atoms with Crippen LogP contribution in [0.3, 0.4) is 0 Å². The Labute approximate surface area is 142 Å². The molecule has 9 heteroatoms. The molecule has 7 nitrogen and oxygen atoms in total. The van der Waals surface area contributed by atoms with Gasteiger partial charge in [-0.3, -0.25) is 0 Å². The molecule has 0 spiro atoms. The van der Waals surface area contributed by atoms with Crippen LogP contribution in [-0.2, 0) is 11.3 Å². The van der Waals surface area contributed by atoms with E-state index in [9.17, 15) is 0 Å². The maximum Gasteiger partial charge on any atom is 0.102 e. The average Bonchev–Trinajstić information content (AvgIpc) is 2.96. The molecule has 0 saturated heterocycles. The first-order valence-electron chi connectivity index (χ1n) is 6.38. The molecule has 0 aliphatic heterocycles. The van der Waals surface area contributed by atoms with Crippen molar-refractivity contribution >= 4 is 23.2 Å². The van der Waals surface area contributed by atoms with Crippen LogP contribution >= 0.6 is 23.2 Å². The molecule has 1 heterocycles. The van der Waals surface area contributed by atoms with Gasteiger partial charge in [-0.05, 0) is 12.1 Å². The van der Waals surface area contributed by atoms with Gasteiger partial charge in [-0.25, -0.2) is 4.98 Å². The molecular weight excluding hydrogens is 345 g/mol. The van der Waals surface area contributed by atoms with Crippen molar-refractivity contribution in [2.45, 2.75) is 12.6 Å². The lowest BCUT2D eigenvalue weighted by Crippen LogP contribution is -2.12. The van der Waals surface area contributed by atoms with Gasteiger partial charge in [0.05, 0.1) is 24.6 Å². The summed E-state index contributed by atoms with van der Waals surface area (Å²) in [6, 6.07) is 5.41. The molecule has 2 aromatic rings. The van der Waals surface area contributed by atoms with Gasteiger partial charge in [0.25, 0.3) is 0 Å². The Balaban J connectivity index is 0.000000593. The van der Waals surface area contributed by atoms with Crippen LogP contribution < -0.4 is 0 Å². The number of benzene rings is 1. The van der Waals surface area contributed by atoms with Gasteiger partial charge >= 0.3 is 0 Å². The van der Waals surface area contributed by atoms with Gasteiger partial charge in [-0.1, -0.05) is 35.3 Å². The smallest absolute Gasteiger partial charge is 0.102 e. The first-order chi connectivity index (χ1) is 10.9. The summed E-state index contributed by atoms with van der Waals surface area (Å²) in [5, 5.41) is 16.0. The third-order valence-corrected chi connectivity index (χ3v) is 3.22. The largest absolute Gasteiger partial charge is 0.368 e. The minimum atomic E-state index is -1.75. The molecule has 0 N–H and O–H groups in total. The number of halogens is 2. The third kappa shape index (κ3) is 7.14. The second kappa shape index (κ2) is 9.83. The fourth-order valence-electron chi connectivity index (χ4n) is 1.77. The van der Waals surface area contributed by atoms with Crippen LogP contribution in [0.25, 0.3) is 0 Å². The molecule has 0 aliphatic carbocycles. The van der Waals surface area contributed by atoms with Crippen molar-refractivity contribution in [2.75, 3.05) is 6.61 Å². The molecule has 124 valence electrons. The molecule has 0 saturated carbocycles. The van der Waals surface area contributed by atoms with E-state index in [1.807, 2.05) is 16.8 Å². The van der Waals surface area contributed by atoms with Gasteiger partial charge in [-0.15, -0.1) is 6.58 Å². The average molecular weight is 359 g/mol. The molecule has 1 aromatic heterocycles. The van der Waals surface area contributed by atoms with E-state index in [1.165, 1.54) is 0 Å². The number of ether oxygens (including phenoxy) is 1. The number of imidazole rings is 1. The number of hydrogen-bond acceptors (Lipinski definition) is 5. The monoisotopic (exact) mass is 358 g/mol. The van der Waals surface area contributed by atoms with Crippen molar-refractivity contribution in [3.63, 3.8) is 0 Å². The number of aromatic nitrogens is 2. The van der Waals surface area contributed by atoms with E-state index in [0.29, 0.717) is 23.2 Å². The Bertz CT molecular complexity index is 631. The summed E-state index contributed by atoms with van der Waals surface area (Å²) in [5.74, 6) is 0. The molecule has 1 unspecified atom stereocenters. The molecule has 0 aliphatic rings. The van der Waals surface area contributed by atoms with E-state index in [1.54, 1.807) is 30.7 Å². The summed E-state index contributed by atoms with van der Waals surface area (Å²) in [7, 11) is 0. The lowest BCUT2D eigenvalue weighted by Gasteiger charge is -2.19. The van der Waals surface area contributed by atoms with E-state index in [4.69, 9.17) is 43.3 Å². The molecule has 1 aromatic carbocycles. The van der Waals surface area contributed by atoms with E-state index in [0.717, 1.165) is 5.56 Å². The summed E-state index contributed by atoms with van der Waals surface area (Å²) in [6.07, 6.45) is 6.90. The highest BCUT2D eigenvalue weighted by molar-refractivity contribution is 6.35. The molecule has 0 fully saturated rings. The van der Waals surface area contributed by atoms with Crippen molar-refractivity contribution < 1.29 is 9.82 Å². The second-order valence-corrected chi connectivity index (χ2v) is 5.10. The zero-order valence-corrected chi connectivity index (χ0v) is 13.5. The van der Waals surface area contributed by atoms with Crippen LogP contribution in [0, 0.1) is 15.3 Å². The maximum absolute atomic E-state index is 8.25. The quantitative estimate of drug-likeness (QED) is 0.443. The standard InChI is InChI=1S/C14H14Cl2N2O.NO3/c1-2-7-19-14(9-18-6-5-17-10-18)12-4-3-11(15)8-13(12)16;2-1(3)4/h2-6,8,10,14H,1,7,9H2;/q;-1. The van der Waals surface area contributed by atoms with Crippen molar-refractivity contribution in [3.05, 3.63) is 80.5 Å². The van der Waals surface area contributed by atoms with Crippen LogP contribution in [0.1, 0.15) is 11.7 Å². The van der Waals surface area contributed by atoms with Crippen LogP contribution in [0.2, 0.25) is 10.0 Å². The van der Waals surface area contributed by atoms with E-state index in [2.05, 4.69) is 11.6 Å². The lowest BCUT2D eigenvalue weighted by atomic mass is 10.1. The fourth-order valence-corrected chi connectivity index (χ4v) is 2.30. The van der Waals surface area contributed by atoms with Gasteiger partial charge in [0, 0.05) is 28.0 Å². The third-order valence-electron chi connectivity index (χ3n) is 2.66. The van der Waals surface area contributed by atoms with Crippen LogP contribution in [0.5, 0.6) is 0 Å². The molecule has 1 atom stereocenters. The minimum Gasteiger partial charge on any atom is -0.368 e. The topological polar surface area (TPSA) is 93.2 Å². The van der Waals surface area contributed by atoms with Gasteiger partial charge in [0.1, 0.15) is 6.10 Å².